The van der Waals surface area contributed by atoms with Crippen LogP contribution < -0.4 is 5.73 Å². The van der Waals surface area contributed by atoms with Gasteiger partial charge in [-0.25, -0.2) is 0 Å². The van der Waals surface area contributed by atoms with Crippen molar-refractivity contribution in [1.29, 1.82) is 0 Å². The van der Waals surface area contributed by atoms with Gasteiger partial charge in [-0.1, -0.05) is 30.3 Å². The molecule has 2 heterocycles. The number of fused-ring (bicyclic) bond motifs is 1. The van der Waals surface area contributed by atoms with Crippen molar-refractivity contribution in [3.05, 3.63) is 70.8 Å². The van der Waals surface area contributed by atoms with Crippen LogP contribution in [0.1, 0.15) is 43.1 Å². The summed E-state index contributed by atoms with van der Waals surface area (Å²) in [4.78, 5) is 41.1. The van der Waals surface area contributed by atoms with Gasteiger partial charge in [0.1, 0.15) is 0 Å². The maximum absolute atomic E-state index is 12.8. The molecular formula is C21H21N3O3. The van der Waals surface area contributed by atoms with Gasteiger partial charge in [0.05, 0.1) is 17.7 Å². The minimum atomic E-state index is -0.352. The van der Waals surface area contributed by atoms with Gasteiger partial charge in [-0.15, -0.1) is 0 Å². The van der Waals surface area contributed by atoms with Crippen molar-refractivity contribution in [3.8, 4) is 0 Å². The Balaban J connectivity index is 1.56. The van der Waals surface area contributed by atoms with E-state index in [1.165, 1.54) is 4.90 Å². The average Bonchev–Trinajstić information content (AvgIpc) is 3.27. The summed E-state index contributed by atoms with van der Waals surface area (Å²) in [5.74, 6) is -0.458. The van der Waals surface area contributed by atoms with Crippen LogP contribution >= 0.6 is 0 Å². The highest BCUT2D eigenvalue weighted by Crippen LogP contribution is 2.27. The Morgan fingerprint density at radius 3 is 2.48 bits per heavy atom. The predicted octanol–water partition coefficient (Wildman–Crippen LogP) is 1.90. The molecule has 6 nitrogen and oxygen atoms in total. The van der Waals surface area contributed by atoms with E-state index in [9.17, 15) is 14.4 Å². The number of rotatable bonds is 4. The molecule has 1 fully saturated rings. The summed E-state index contributed by atoms with van der Waals surface area (Å²) in [6.07, 6.45) is 0.898. The monoisotopic (exact) mass is 363 g/mol. The van der Waals surface area contributed by atoms with Crippen LogP contribution in [-0.4, -0.2) is 47.2 Å². The van der Waals surface area contributed by atoms with Crippen molar-refractivity contribution in [2.45, 2.75) is 13.0 Å². The van der Waals surface area contributed by atoms with Gasteiger partial charge in [-0.3, -0.25) is 19.3 Å². The lowest BCUT2D eigenvalue weighted by Gasteiger charge is -2.16. The van der Waals surface area contributed by atoms with Crippen LogP contribution in [0.5, 0.6) is 0 Å². The molecule has 4 rings (SSSR count). The molecule has 0 spiro atoms. The Kier molecular flexibility index (Phi) is 4.49. The Morgan fingerprint density at radius 2 is 1.78 bits per heavy atom. The molecule has 2 aromatic carbocycles. The Labute approximate surface area is 157 Å². The van der Waals surface area contributed by atoms with Crippen molar-refractivity contribution in [2.75, 3.05) is 19.6 Å². The number of carbonyl (C=O) groups is 3. The summed E-state index contributed by atoms with van der Waals surface area (Å²) in [7, 11) is 0. The normalized spacial score (nSPS) is 18.9. The maximum Gasteiger partial charge on any atom is 0.261 e. The molecule has 1 unspecified atom stereocenters. The molecule has 0 aromatic heterocycles. The van der Waals surface area contributed by atoms with Gasteiger partial charge < -0.3 is 10.6 Å². The molecule has 2 aliphatic heterocycles. The van der Waals surface area contributed by atoms with E-state index in [1.807, 2.05) is 30.3 Å². The van der Waals surface area contributed by atoms with Gasteiger partial charge in [0, 0.05) is 18.7 Å². The number of nitrogens with zero attached hydrogens (tertiary/aromatic N) is 2. The zero-order valence-electron chi connectivity index (χ0n) is 14.9. The highest BCUT2D eigenvalue weighted by molar-refractivity contribution is 6.22. The topological polar surface area (TPSA) is 83.7 Å². The highest BCUT2D eigenvalue weighted by Gasteiger charge is 2.36. The fraction of sp³-hybridized carbons (Fsp3) is 0.286. The summed E-state index contributed by atoms with van der Waals surface area (Å²) in [6, 6.07) is 14.2. The molecule has 2 N–H and O–H groups in total. The number of amides is 3. The molecule has 0 saturated carbocycles. The summed E-state index contributed by atoms with van der Waals surface area (Å²) >= 11 is 0. The molecule has 1 saturated heterocycles. The van der Waals surface area contributed by atoms with Gasteiger partial charge in [-0.2, -0.15) is 0 Å². The molecule has 2 aliphatic rings. The van der Waals surface area contributed by atoms with Crippen molar-refractivity contribution in [2.24, 2.45) is 11.7 Å². The van der Waals surface area contributed by atoms with Gasteiger partial charge in [0.15, 0.2) is 0 Å². The number of hydrogen-bond acceptors (Lipinski definition) is 4. The van der Waals surface area contributed by atoms with Gasteiger partial charge in [0.25, 0.3) is 17.7 Å². The van der Waals surface area contributed by atoms with E-state index in [2.05, 4.69) is 0 Å². The second kappa shape index (κ2) is 6.96. The van der Waals surface area contributed by atoms with E-state index in [0.29, 0.717) is 42.2 Å². The number of benzene rings is 2. The van der Waals surface area contributed by atoms with E-state index < -0.39 is 0 Å². The smallest absolute Gasteiger partial charge is 0.261 e. The second-order valence-electron chi connectivity index (χ2n) is 7.08. The Hall–Kier alpha value is -2.99. The van der Waals surface area contributed by atoms with E-state index in [4.69, 9.17) is 5.73 Å². The van der Waals surface area contributed by atoms with Gasteiger partial charge in [-0.05, 0) is 42.6 Å². The molecule has 1 atom stereocenters. The Morgan fingerprint density at radius 1 is 1.04 bits per heavy atom. The summed E-state index contributed by atoms with van der Waals surface area (Å²) in [5, 5.41) is 0. The third-order valence-electron chi connectivity index (χ3n) is 5.31. The molecule has 138 valence electrons. The molecule has 3 amide bonds. The largest absolute Gasteiger partial charge is 0.338 e. The minimum Gasteiger partial charge on any atom is -0.338 e. The molecule has 0 aliphatic carbocycles. The maximum atomic E-state index is 12.8. The minimum absolute atomic E-state index is 0.115. The summed E-state index contributed by atoms with van der Waals surface area (Å²) in [6.45, 7) is 2.10. The first kappa shape index (κ1) is 17.4. The standard InChI is InChI=1S/C21H21N3O3/c22-11-15-8-9-23(12-15)19(25)16-6-7-17-18(10-16)21(27)24(20(17)26)13-14-4-2-1-3-5-14/h1-7,10,15H,8-9,11-13,22H2. The SMILES string of the molecule is NCC1CCN(C(=O)c2ccc3c(c2)C(=O)N(Cc2ccccc2)C3=O)C1. The number of hydrogen-bond donors (Lipinski definition) is 1. The number of nitrogens with two attached hydrogens (primary N) is 1. The van der Waals surface area contributed by atoms with E-state index in [-0.39, 0.29) is 24.3 Å². The third kappa shape index (κ3) is 3.13. The first-order valence-electron chi connectivity index (χ1n) is 9.12. The van der Waals surface area contributed by atoms with Crippen LogP contribution in [0.25, 0.3) is 0 Å². The van der Waals surface area contributed by atoms with Crippen molar-refractivity contribution < 1.29 is 14.4 Å². The van der Waals surface area contributed by atoms with Gasteiger partial charge in [0.2, 0.25) is 0 Å². The van der Waals surface area contributed by atoms with Crippen LogP contribution in [0.3, 0.4) is 0 Å². The van der Waals surface area contributed by atoms with E-state index in [1.54, 1.807) is 23.1 Å². The van der Waals surface area contributed by atoms with E-state index in [0.717, 1.165) is 12.0 Å². The Bertz CT molecular complexity index is 910. The molecule has 0 radical (unpaired) electrons. The van der Waals surface area contributed by atoms with E-state index >= 15 is 0 Å². The zero-order valence-corrected chi connectivity index (χ0v) is 14.9. The van der Waals surface area contributed by atoms with Gasteiger partial charge >= 0.3 is 0 Å². The summed E-state index contributed by atoms with van der Waals surface area (Å²) in [5.41, 5.74) is 7.67. The molecule has 2 aromatic rings. The molecular weight excluding hydrogens is 342 g/mol. The number of likely N-dealkylation sites (tertiary alicyclic amines) is 1. The zero-order chi connectivity index (χ0) is 19.0. The summed E-state index contributed by atoms with van der Waals surface area (Å²) < 4.78 is 0. The first-order valence-corrected chi connectivity index (χ1v) is 9.12. The van der Waals surface area contributed by atoms with Crippen LogP contribution in [-0.2, 0) is 6.54 Å². The third-order valence-corrected chi connectivity index (χ3v) is 5.31. The lowest BCUT2D eigenvalue weighted by Crippen LogP contribution is -2.30. The number of carbonyl (C=O) groups excluding carboxylic acids is 3. The van der Waals surface area contributed by atoms with Crippen LogP contribution in [0.15, 0.2) is 48.5 Å². The second-order valence-corrected chi connectivity index (χ2v) is 7.08. The predicted molar refractivity (Wildman–Crippen MR) is 100 cm³/mol. The van der Waals surface area contributed by atoms with Crippen LogP contribution in [0, 0.1) is 5.92 Å². The van der Waals surface area contributed by atoms with Crippen molar-refractivity contribution >= 4 is 17.7 Å². The van der Waals surface area contributed by atoms with Crippen molar-refractivity contribution in [1.82, 2.24) is 9.80 Å². The molecule has 6 heteroatoms. The lowest BCUT2D eigenvalue weighted by atomic mass is 10.0. The fourth-order valence-corrected chi connectivity index (χ4v) is 3.73. The molecule has 27 heavy (non-hydrogen) atoms. The highest BCUT2D eigenvalue weighted by atomic mass is 16.2. The first-order chi connectivity index (χ1) is 13.1. The quantitative estimate of drug-likeness (QED) is 0.841. The average molecular weight is 363 g/mol. The lowest BCUT2D eigenvalue weighted by molar-refractivity contribution is 0.0642. The van der Waals surface area contributed by atoms with Crippen molar-refractivity contribution in [3.63, 3.8) is 0 Å². The molecule has 0 bridgehead atoms. The number of imide groups is 1. The van der Waals surface area contributed by atoms with Crippen LogP contribution in [0.4, 0.5) is 0 Å². The fourth-order valence-electron chi connectivity index (χ4n) is 3.73. The van der Waals surface area contributed by atoms with Crippen LogP contribution in [0.2, 0.25) is 0 Å².